The summed E-state index contributed by atoms with van der Waals surface area (Å²) in [6.07, 6.45) is 1.69. The lowest BCUT2D eigenvalue weighted by atomic mass is 9.95. The molecule has 0 spiro atoms. The Labute approximate surface area is 279 Å². The lowest BCUT2D eigenvalue weighted by Crippen LogP contribution is -2.40. The fourth-order valence-corrected chi connectivity index (χ4v) is 6.68. The number of thiazole rings is 1. The zero-order valence-corrected chi connectivity index (χ0v) is 28.9. The maximum absolute atomic E-state index is 14.3. The van der Waals surface area contributed by atoms with Crippen molar-refractivity contribution in [2.24, 2.45) is 4.99 Å². The normalized spacial score (nSPS) is 14.5. The van der Waals surface area contributed by atoms with Gasteiger partial charge in [-0.1, -0.05) is 63.7 Å². The number of nitrogens with zero attached hydrogens (tertiary/aromatic N) is 2. The molecule has 1 aliphatic rings. The maximum Gasteiger partial charge on any atom is 0.338 e. The fourth-order valence-electron chi connectivity index (χ4n) is 5.19. The van der Waals surface area contributed by atoms with Gasteiger partial charge in [-0.3, -0.25) is 9.36 Å². The Kier molecular flexibility index (Phi) is 10.3. The number of esters is 1. The standard InChI is InChI=1S/C35H35BrN2O7S/c1-7-43-34(40)30-21(4)37-35-38(31(30)23-13-14-26(45-20(2)3)27(16-23)41-5)33(39)29(46-35)17-24-15-25(36)18-28(42-6)32(24)44-19-22-11-9-8-10-12-22/h8-18,20,31H,7,19H2,1-6H3/b29-17+/t31-/m0/s1. The number of halogens is 1. The van der Waals surface area contributed by atoms with E-state index in [0.717, 1.165) is 10.0 Å². The smallest absolute Gasteiger partial charge is 0.338 e. The average Bonchev–Trinajstić information content (AvgIpc) is 3.33. The van der Waals surface area contributed by atoms with E-state index in [-0.39, 0.29) is 23.8 Å². The van der Waals surface area contributed by atoms with Crippen LogP contribution in [-0.2, 0) is 16.1 Å². The molecule has 3 aromatic carbocycles. The topological polar surface area (TPSA) is 97.6 Å². The molecule has 1 atom stereocenters. The summed E-state index contributed by atoms with van der Waals surface area (Å²) in [7, 11) is 3.12. The minimum atomic E-state index is -0.815. The molecule has 1 aliphatic heterocycles. The number of hydrogen-bond donors (Lipinski definition) is 0. The van der Waals surface area contributed by atoms with E-state index in [4.69, 9.17) is 28.7 Å². The van der Waals surface area contributed by atoms with Crippen LogP contribution < -0.4 is 33.8 Å². The highest BCUT2D eigenvalue weighted by atomic mass is 79.9. The minimum absolute atomic E-state index is 0.0760. The Morgan fingerprint density at radius 2 is 1.78 bits per heavy atom. The number of ether oxygens (including phenoxy) is 5. The number of hydrogen-bond acceptors (Lipinski definition) is 9. The van der Waals surface area contributed by atoms with Crippen LogP contribution in [0.15, 0.2) is 86.2 Å². The molecule has 0 N–H and O–H groups in total. The molecule has 0 unspecified atom stereocenters. The second kappa shape index (κ2) is 14.4. The van der Waals surface area contributed by atoms with Gasteiger partial charge >= 0.3 is 5.97 Å². The van der Waals surface area contributed by atoms with Gasteiger partial charge in [-0.05, 0) is 69.2 Å². The van der Waals surface area contributed by atoms with Gasteiger partial charge in [0.25, 0.3) is 5.56 Å². The number of rotatable bonds is 11. The van der Waals surface area contributed by atoms with E-state index in [1.54, 1.807) is 46.3 Å². The summed E-state index contributed by atoms with van der Waals surface area (Å²) in [5.74, 6) is 1.49. The van der Waals surface area contributed by atoms with Gasteiger partial charge < -0.3 is 23.7 Å². The van der Waals surface area contributed by atoms with Crippen LogP contribution in [0.5, 0.6) is 23.0 Å². The highest BCUT2D eigenvalue weighted by molar-refractivity contribution is 9.10. The number of methoxy groups -OCH3 is 2. The van der Waals surface area contributed by atoms with Crippen LogP contribution in [0.1, 0.15) is 50.4 Å². The molecule has 1 aromatic heterocycles. The molecule has 240 valence electrons. The van der Waals surface area contributed by atoms with E-state index in [0.29, 0.717) is 55.8 Å². The summed E-state index contributed by atoms with van der Waals surface area (Å²) in [5, 5.41) is 0. The van der Waals surface area contributed by atoms with Crippen LogP contribution in [0.4, 0.5) is 0 Å². The van der Waals surface area contributed by atoms with Crippen molar-refractivity contribution in [3.05, 3.63) is 113 Å². The molecule has 0 saturated heterocycles. The Morgan fingerprint density at radius 1 is 1.04 bits per heavy atom. The molecule has 46 heavy (non-hydrogen) atoms. The Balaban J connectivity index is 1.68. The van der Waals surface area contributed by atoms with Gasteiger partial charge in [-0.25, -0.2) is 9.79 Å². The van der Waals surface area contributed by atoms with Crippen LogP contribution in [0.2, 0.25) is 0 Å². The molecular formula is C35H35BrN2O7S. The van der Waals surface area contributed by atoms with E-state index in [2.05, 4.69) is 15.9 Å². The SMILES string of the molecule is CCOC(=O)C1=C(C)N=c2s/c(=C/c3cc(Br)cc(OC)c3OCc3ccccc3)c(=O)n2[C@H]1c1ccc(OC(C)C)c(OC)c1. The van der Waals surface area contributed by atoms with Crippen molar-refractivity contribution in [3.63, 3.8) is 0 Å². The summed E-state index contributed by atoms with van der Waals surface area (Å²) in [6.45, 7) is 7.82. The van der Waals surface area contributed by atoms with Gasteiger partial charge in [-0.2, -0.15) is 0 Å². The molecule has 0 bridgehead atoms. The summed E-state index contributed by atoms with van der Waals surface area (Å²) in [6, 6.07) is 18.1. The molecular weight excluding hydrogens is 672 g/mol. The van der Waals surface area contributed by atoms with E-state index < -0.39 is 12.0 Å². The monoisotopic (exact) mass is 706 g/mol. The predicted molar refractivity (Wildman–Crippen MR) is 181 cm³/mol. The number of fused-ring (bicyclic) bond motifs is 1. The van der Waals surface area contributed by atoms with Crippen LogP contribution >= 0.6 is 27.3 Å². The minimum Gasteiger partial charge on any atom is -0.493 e. The van der Waals surface area contributed by atoms with Gasteiger partial charge in [-0.15, -0.1) is 0 Å². The van der Waals surface area contributed by atoms with E-state index in [9.17, 15) is 9.59 Å². The molecule has 5 rings (SSSR count). The fraction of sp³-hybridized carbons (Fsp3) is 0.286. The summed E-state index contributed by atoms with van der Waals surface area (Å²) >= 11 is 4.78. The Morgan fingerprint density at radius 3 is 2.46 bits per heavy atom. The molecule has 0 radical (unpaired) electrons. The number of carbonyl (C=O) groups is 1. The predicted octanol–water partition coefficient (Wildman–Crippen LogP) is 5.94. The molecule has 0 amide bonds. The van der Waals surface area contributed by atoms with Crippen molar-refractivity contribution in [3.8, 4) is 23.0 Å². The van der Waals surface area contributed by atoms with Crippen molar-refractivity contribution in [2.45, 2.75) is 46.4 Å². The average molecular weight is 708 g/mol. The van der Waals surface area contributed by atoms with Crippen molar-refractivity contribution in [1.29, 1.82) is 0 Å². The summed E-state index contributed by atoms with van der Waals surface area (Å²) < 4.78 is 31.6. The first-order valence-corrected chi connectivity index (χ1v) is 16.3. The molecule has 4 aromatic rings. The molecule has 2 heterocycles. The lowest BCUT2D eigenvalue weighted by Gasteiger charge is -2.25. The molecule has 9 nitrogen and oxygen atoms in total. The van der Waals surface area contributed by atoms with Crippen molar-refractivity contribution < 1.29 is 28.5 Å². The molecule has 0 aliphatic carbocycles. The Hall–Kier alpha value is -4.35. The first-order chi connectivity index (χ1) is 22.1. The lowest BCUT2D eigenvalue weighted by molar-refractivity contribution is -0.139. The third-order valence-corrected chi connectivity index (χ3v) is 8.60. The number of aromatic nitrogens is 1. The quantitative estimate of drug-likeness (QED) is 0.178. The van der Waals surface area contributed by atoms with Crippen LogP contribution in [0.25, 0.3) is 6.08 Å². The van der Waals surface area contributed by atoms with Crippen molar-refractivity contribution >= 4 is 39.3 Å². The van der Waals surface area contributed by atoms with E-state index in [1.807, 2.05) is 62.4 Å². The van der Waals surface area contributed by atoms with Crippen LogP contribution in [0.3, 0.4) is 0 Å². The number of carbonyl (C=O) groups excluding carboxylic acids is 1. The zero-order chi connectivity index (χ0) is 33.0. The third kappa shape index (κ3) is 6.90. The molecule has 0 saturated carbocycles. The van der Waals surface area contributed by atoms with Gasteiger partial charge in [0.15, 0.2) is 27.8 Å². The summed E-state index contributed by atoms with van der Waals surface area (Å²) in [4.78, 5) is 32.8. The van der Waals surface area contributed by atoms with Crippen LogP contribution in [-0.4, -0.2) is 37.5 Å². The van der Waals surface area contributed by atoms with Crippen molar-refractivity contribution in [1.82, 2.24) is 4.57 Å². The maximum atomic E-state index is 14.3. The van der Waals surface area contributed by atoms with Gasteiger partial charge in [0.2, 0.25) is 0 Å². The van der Waals surface area contributed by atoms with Gasteiger partial charge in [0.1, 0.15) is 6.61 Å². The molecule has 11 heteroatoms. The number of benzene rings is 3. The van der Waals surface area contributed by atoms with Crippen molar-refractivity contribution in [2.75, 3.05) is 20.8 Å². The van der Waals surface area contributed by atoms with E-state index >= 15 is 0 Å². The zero-order valence-electron chi connectivity index (χ0n) is 26.5. The highest BCUT2D eigenvalue weighted by Gasteiger charge is 2.34. The third-order valence-electron chi connectivity index (χ3n) is 7.16. The van der Waals surface area contributed by atoms with Gasteiger partial charge in [0, 0.05) is 10.0 Å². The number of allylic oxidation sites excluding steroid dienone is 1. The summed E-state index contributed by atoms with van der Waals surface area (Å²) in [5.41, 5.74) is 2.69. The highest BCUT2D eigenvalue weighted by Crippen LogP contribution is 2.38. The second-order valence-corrected chi connectivity index (χ2v) is 12.6. The van der Waals surface area contributed by atoms with Crippen LogP contribution in [0, 0.1) is 0 Å². The Bertz CT molecular complexity index is 1960. The van der Waals surface area contributed by atoms with E-state index in [1.165, 1.54) is 15.9 Å². The first kappa shape index (κ1) is 33.0. The second-order valence-electron chi connectivity index (χ2n) is 10.7. The largest absolute Gasteiger partial charge is 0.493 e. The van der Waals surface area contributed by atoms with Gasteiger partial charge in [0.05, 0.1) is 48.8 Å². The first-order valence-electron chi connectivity index (χ1n) is 14.7. The molecule has 0 fully saturated rings.